The van der Waals surface area contributed by atoms with Gasteiger partial charge in [0.15, 0.2) is 17.7 Å². The molecule has 0 heterocycles. The summed E-state index contributed by atoms with van der Waals surface area (Å²) < 4.78 is 44.8. The summed E-state index contributed by atoms with van der Waals surface area (Å²) in [6.07, 6.45) is -1.12. The maximum Gasteiger partial charge on any atom is 0.279 e. The first-order chi connectivity index (χ1) is 11.4. The number of amides is 2. The second-order valence-electron chi connectivity index (χ2n) is 4.76. The number of ether oxygens (including phenoxy) is 1. The van der Waals surface area contributed by atoms with Gasteiger partial charge in [-0.05, 0) is 31.2 Å². The Bertz CT molecular complexity index is 768. The second kappa shape index (κ2) is 7.49. The van der Waals surface area contributed by atoms with Gasteiger partial charge < -0.3 is 4.74 Å². The fourth-order valence-corrected chi connectivity index (χ4v) is 1.75. The number of para-hydroxylation sites is 1. The van der Waals surface area contributed by atoms with E-state index in [4.69, 9.17) is 4.74 Å². The highest BCUT2D eigenvalue weighted by atomic mass is 19.1. The zero-order valence-corrected chi connectivity index (χ0v) is 12.5. The van der Waals surface area contributed by atoms with Crippen molar-refractivity contribution in [3.8, 4) is 5.75 Å². The molecule has 2 amide bonds. The maximum atomic E-state index is 13.4. The summed E-state index contributed by atoms with van der Waals surface area (Å²) >= 11 is 0. The summed E-state index contributed by atoms with van der Waals surface area (Å²) in [5.74, 6) is -4.43. The number of carbonyl (C=O) groups excluding carboxylic acids is 2. The van der Waals surface area contributed by atoms with E-state index >= 15 is 0 Å². The van der Waals surface area contributed by atoms with Crippen LogP contribution in [-0.2, 0) is 4.79 Å². The van der Waals surface area contributed by atoms with Crippen LogP contribution in [0, 0.1) is 17.5 Å². The number of nitrogens with one attached hydrogen (secondary N) is 2. The number of benzene rings is 2. The van der Waals surface area contributed by atoms with Crippen LogP contribution in [0.1, 0.15) is 17.3 Å². The second-order valence-corrected chi connectivity index (χ2v) is 4.76. The smallest absolute Gasteiger partial charge is 0.279 e. The third-order valence-electron chi connectivity index (χ3n) is 2.98. The summed E-state index contributed by atoms with van der Waals surface area (Å²) in [7, 11) is 0. The lowest BCUT2D eigenvalue weighted by molar-refractivity contribution is -0.128. The van der Waals surface area contributed by atoms with E-state index in [1.54, 1.807) is 0 Å². The monoisotopic (exact) mass is 338 g/mol. The summed E-state index contributed by atoms with van der Waals surface area (Å²) in [4.78, 5) is 23.5. The fraction of sp³-hybridized carbons (Fsp3) is 0.125. The number of rotatable bonds is 4. The van der Waals surface area contributed by atoms with Crippen molar-refractivity contribution < 1.29 is 27.5 Å². The Morgan fingerprint density at radius 3 is 2.38 bits per heavy atom. The molecule has 1 atom stereocenters. The fourth-order valence-electron chi connectivity index (χ4n) is 1.75. The van der Waals surface area contributed by atoms with E-state index in [-0.39, 0.29) is 5.75 Å². The van der Waals surface area contributed by atoms with Gasteiger partial charge in [0.2, 0.25) is 0 Å². The summed E-state index contributed by atoms with van der Waals surface area (Å²) in [6, 6.07) is 7.88. The van der Waals surface area contributed by atoms with Gasteiger partial charge in [-0.1, -0.05) is 12.1 Å². The standard InChI is InChI=1S/C16H13F3N2O3/c1-9(24-14-5-3-2-4-12(14)18)15(22)20-21-16(23)11-7-6-10(17)8-13(11)19/h2-9H,1H3,(H,20,22)(H,21,23). The Morgan fingerprint density at radius 2 is 1.71 bits per heavy atom. The molecule has 126 valence electrons. The molecule has 0 bridgehead atoms. The van der Waals surface area contributed by atoms with Gasteiger partial charge in [0.1, 0.15) is 11.6 Å². The molecule has 5 nitrogen and oxygen atoms in total. The molecule has 0 aliphatic heterocycles. The molecular weight excluding hydrogens is 325 g/mol. The molecule has 2 N–H and O–H groups in total. The zero-order valence-electron chi connectivity index (χ0n) is 12.5. The lowest BCUT2D eigenvalue weighted by Gasteiger charge is -2.15. The molecule has 2 aromatic rings. The van der Waals surface area contributed by atoms with E-state index in [2.05, 4.69) is 0 Å². The molecule has 1 unspecified atom stereocenters. The van der Waals surface area contributed by atoms with Crippen LogP contribution in [0.4, 0.5) is 13.2 Å². The van der Waals surface area contributed by atoms with Crippen LogP contribution in [0.5, 0.6) is 5.75 Å². The van der Waals surface area contributed by atoms with Crippen LogP contribution in [-0.4, -0.2) is 17.9 Å². The summed E-state index contributed by atoms with van der Waals surface area (Å²) in [6.45, 7) is 1.34. The third kappa shape index (κ3) is 4.25. The van der Waals surface area contributed by atoms with E-state index < -0.39 is 40.9 Å². The van der Waals surface area contributed by atoms with E-state index in [9.17, 15) is 22.8 Å². The Labute approximate surface area is 135 Å². The minimum absolute atomic E-state index is 0.129. The normalized spacial score (nSPS) is 11.5. The molecule has 0 radical (unpaired) electrons. The number of hydrogen-bond acceptors (Lipinski definition) is 3. The van der Waals surface area contributed by atoms with Crippen molar-refractivity contribution in [2.75, 3.05) is 0 Å². The van der Waals surface area contributed by atoms with Gasteiger partial charge in [0.05, 0.1) is 5.56 Å². The van der Waals surface area contributed by atoms with Crippen molar-refractivity contribution >= 4 is 11.8 Å². The van der Waals surface area contributed by atoms with Crippen LogP contribution in [0.15, 0.2) is 42.5 Å². The SMILES string of the molecule is CC(Oc1ccccc1F)C(=O)NNC(=O)c1ccc(F)cc1F. The highest BCUT2D eigenvalue weighted by Crippen LogP contribution is 2.17. The van der Waals surface area contributed by atoms with Gasteiger partial charge in [-0.15, -0.1) is 0 Å². The van der Waals surface area contributed by atoms with Crippen LogP contribution in [0.2, 0.25) is 0 Å². The van der Waals surface area contributed by atoms with Crippen molar-refractivity contribution in [2.45, 2.75) is 13.0 Å². The molecule has 0 saturated carbocycles. The van der Waals surface area contributed by atoms with Crippen molar-refractivity contribution in [1.29, 1.82) is 0 Å². The summed E-state index contributed by atoms with van der Waals surface area (Å²) in [5, 5.41) is 0. The van der Waals surface area contributed by atoms with Gasteiger partial charge in [-0.2, -0.15) is 0 Å². The van der Waals surface area contributed by atoms with Crippen LogP contribution in [0.25, 0.3) is 0 Å². The first-order valence-corrected chi connectivity index (χ1v) is 6.85. The van der Waals surface area contributed by atoms with Gasteiger partial charge in [-0.3, -0.25) is 20.4 Å². The quantitative estimate of drug-likeness (QED) is 0.841. The van der Waals surface area contributed by atoms with E-state index in [0.29, 0.717) is 6.07 Å². The van der Waals surface area contributed by atoms with Crippen LogP contribution in [0.3, 0.4) is 0 Å². The van der Waals surface area contributed by atoms with E-state index in [0.717, 1.165) is 12.1 Å². The van der Waals surface area contributed by atoms with Crippen molar-refractivity contribution in [3.05, 3.63) is 65.5 Å². The van der Waals surface area contributed by atoms with Crippen LogP contribution >= 0.6 is 0 Å². The minimum Gasteiger partial charge on any atom is -0.478 e. The predicted octanol–water partition coefficient (Wildman–Crippen LogP) is 2.33. The molecule has 0 saturated heterocycles. The van der Waals surface area contributed by atoms with E-state index in [1.807, 2.05) is 10.9 Å². The molecule has 0 spiro atoms. The highest BCUT2D eigenvalue weighted by molar-refractivity contribution is 5.96. The molecule has 2 aromatic carbocycles. The van der Waals surface area contributed by atoms with Gasteiger partial charge in [0.25, 0.3) is 11.8 Å². The van der Waals surface area contributed by atoms with E-state index in [1.165, 1.54) is 31.2 Å². The number of carbonyl (C=O) groups is 2. The Hall–Kier alpha value is -3.03. The van der Waals surface area contributed by atoms with Gasteiger partial charge in [-0.25, -0.2) is 13.2 Å². The number of halogens is 3. The first kappa shape index (κ1) is 17.3. The topological polar surface area (TPSA) is 67.4 Å². The van der Waals surface area contributed by atoms with Gasteiger partial charge >= 0.3 is 0 Å². The van der Waals surface area contributed by atoms with Crippen molar-refractivity contribution in [1.82, 2.24) is 10.9 Å². The molecule has 0 aromatic heterocycles. The lowest BCUT2D eigenvalue weighted by Crippen LogP contribution is -2.47. The van der Waals surface area contributed by atoms with Crippen LogP contribution < -0.4 is 15.6 Å². The average molecular weight is 338 g/mol. The third-order valence-corrected chi connectivity index (χ3v) is 2.98. The Kier molecular flexibility index (Phi) is 5.41. The number of hydrazine groups is 1. The molecule has 2 rings (SSSR count). The highest BCUT2D eigenvalue weighted by Gasteiger charge is 2.18. The molecule has 0 aliphatic carbocycles. The zero-order chi connectivity index (χ0) is 17.7. The minimum atomic E-state index is -1.12. The molecule has 0 aliphatic rings. The molecular formula is C16H13F3N2O3. The molecule has 0 fully saturated rings. The maximum absolute atomic E-state index is 13.4. The molecule has 8 heteroatoms. The molecule has 24 heavy (non-hydrogen) atoms. The largest absolute Gasteiger partial charge is 0.478 e. The van der Waals surface area contributed by atoms with Crippen molar-refractivity contribution in [3.63, 3.8) is 0 Å². The van der Waals surface area contributed by atoms with Crippen molar-refractivity contribution in [2.24, 2.45) is 0 Å². The number of hydrogen-bond donors (Lipinski definition) is 2. The Balaban J connectivity index is 1.92. The summed E-state index contributed by atoms with van der Waals surface area (Å²) in [5.41, 5.74) is 3.54. The van der Waals surface area contributed by atoms with Gasteiger partial charge in [0, 0.05) is 6.07 Å². The Morgan fingerprint density at radius 1 is 1.00 bits per heavy atom. The average Bonchev–Trinajstić information content (AvgIpc) is 2.54. The first-order valence-electron chi connectivity index (χ1n) is 6.85. The lowest BCUT2D eigenvalue weighted by atomic mass is 10.2. The predicted molar refractivity (Wildman–Crippen MR) is 78.5 cm³/mol.